The van der Waals surface area contributed by atoms with Crippen LogP contribution in [0.2, 0.25) is 0 Å². The van der Waals surface area contributed by atoms with Gasteiger partial charge in [0, 0.05) is 30.1 Å². The lowest BCUT2D eigenvalue weighted by atomic mass is 9.71. The molecule has 0 saturated carbocycles. The summed E-state index contributed by atoms with van der Waals surface area (Å²) in [5, 5.41) is 3.90. The summed E-state index contributed by atoms with van der Waals surface area (Å²) in [6.45, 7) is 0. The van der Waals surface area contributed by atoms with Crippen molar-refractivity contribution in [3.8, 4) is 0 Å². The smallest absolute Gasteiger partial charge is 0.0412 e. The fourth-order valence-electron chi connectivity index (χ4n) is 4.96. The number of hydrogen-bond donors (Lipinski definition) is 1. The van der Waals surface area contributed by atoms with Gasteiger partial charge >= 0.3 is 0 Å². The molecule has 0 radical (unpaired) electrons. The maximum atomic E-state index is 4.42. The van der Waals surface area contributed by atoms with E-state index in [1.807, 2.05) is 6.20 Å². The second-order valence-corrected chi connectivity index (χ2v) is 7.20. The van der Waals surface area contributed by atoms with Crippen LogP contribution in [0.1, 0.15) is 31.2 Å². The summed E-state index contributed by atoms with van der Waals surface area (Å²) in [5.41, 5.74) is 7.74. The molecule has 2 nitrogen and oxygen atoms in total. The number of nitrogens with one attached hydrogen (secondary N) is 1. The lowest BCUT2D eigenvalue weighted by Crippen LogP contribution is -2.32. The van der Waals surface area contributed by atoms with Gasteiger partial charge in [0.25, 0.3) is 0 Å². The van der Waals surface area contributed by atoms with Crippen molar-refractivity contribution in [3.63, 3.8) is 0 Å². The van der Waals surface area contributed by atoms with Gasteiger partial charge in [-0.05, 0) is 60.8 Å². The number of aliphatic imine (C=N–C) groups is 1. The highest BCUT2D eigenvalue weighted by Crippen LogP contribution is 2.49. The molecular formula is C21H22N2. The summed E-state index contributed by atoms with van der Waals surface area (Å²) in [6, 6.07) is 11.6. The van der Waals surface area contributed by atoms with Gasteiger partial charge in [0.2, 0.25) is 0 Å². The van der Waals surface area contributed by atoms with E-state index < -0.39 is 0 Å². The van der Waals surface area contributed by atoms with Crippen LogP contribution in [0.5, 0.6) is 0 Å². The van der Waals surface area contributed by atoms with Gasteiger partial charge in [0.1, 0.15) is 0 Å². The van der Waals surface area contributed by atoms with E-state index in [-0.39, 0.29) is 0 Å². The van der Waals surface area contributed by atoms with Crippen LogP contribution < -0.4 is 5.32 Å². The molecule has 23 heavy (non-hydrogen) atoms. The van der Waals surface area contributed by atoms with Gasteiger partial charge in [-0.3, -0.25) is 4.99 Å². The van der Waals surface area contributed by atoms with Crippen LogP contribution in [0.25, 0.3) is 0 Å². The third-order valence-corrected chi connectivity index (χ3v) is 6.02. The second-order valence-electron chi connectivity index (χ2n) is 7.20. The van der Waals surface area contributed by atoms with E-state index in [2.05, 4.69) is 52.9 Å². The van der Waals surface area contributed by atoms with Crippen LogP contribution in [-0.4, -0.2) is 12.3 Å². The number of allylic oxidation sites excluding steroid dienone is 2. The molecule has 1 aromatic carbocycles. The van der Waals surface area contributed by atoms with Gasteiger partial charge in [-0.15, -0.1) is 0 Å². The summed E-state index contributed by atoms with van der Waals surface area (Å²) in [4.78, 5) is 4.42. The molecule has 0 fully saturated rings. The first-order valence-electron chi connectivity index (χ1n) is 8.85. The summed E-state index contributed by atoms with van der Waals surface area (Å²) in [7, 11) is 0. The average Bonchev–Trinajstić information content (AvgIpc) is 2.82. The zero-order valence-electron chi connectivity index (χ0n) is 13.3. The van der Waals surface area contributed by atoms with E-state index in [1.165, 1.54) is 42.5 Å². The van der Waals surface area contributed by atoms with Crippen LogP contribution in [-0.2, 0) is 6.42 Å². The molecule has 2 heteroatoms. The van der Waals surface area contributed by atoms with E-state index >= 15 is 0 Å². The van der Waals surface area contributed by atoms with Crippen LogP contribution in [0.3, 0.4) is 0 Å². The number of nitrogens with zero attached hydrogens (tertiary/aromatic N) is 1. The van der Waals surface area contributed by atoms with Gasteiger partial charge in [-0.25, -0.2) is 0 Å². The van der Waals surface area contributed by atoms with Crippen LogP contribution in [0.4, 0.5) is 0 Å². The Bertz CT molecular complexity index is 751. The summed E-state index contributed by atoms with van der Waals surface area (Å²) < 4.78 is 0. The number of fused-ring (bicyclic) bond motifs is 1. The Labute approximate surface area is 137 Å². The van der Waals surface area contributed by atoms with E-state index in [4.69, 9.17) is 0 Å². The highest BCUT2D eigenvalue weighted by atomic mass is 15.0. The first kappa shape index (κ1) is 13.4. The molecule has 5 bridgehead atoms. The highest BCUT2D eigenvalue weighted by molar-refractivity contribution is 5.63. The minimum Gasteiger partial charge on any atom is -0.381 e. The van der Waals surface area contributed by atoms with Crippen molar-refractivity contribution in [2.45, 2.75) is 38.1 Å². The summed E-state index contributed by atoms with van der Waals surface area (Å²) in [6.07, 6.45) is 12.4. The molecule has 1 N–H and O–H groups in total. The van der Waals surface area contributed by atoms with Gasteiger partial charge in [-0.2, -0.15) is 0 Å². The fourth-order valence-corrected chi connectivity index (χ4v) is 4.96. The maximum absolute atomic E-state index is 4.42. The fraction of sp³-hybridized carbons (Fsp3) is 0.381. The standard InChI is InChI=1S/C21H22N2/c1-2-4-14(5-3-1)12-19-17-7-6-16-15-8-10-22-11-9-18(16)21(17)23-20(19)13-15/h1-5,9-11,15,19-20,23H,6-8,12-13H2/b11-9-,22-10?. The van der Waals surface area contributed by atoms with E-state index in [9.17, 15) is 0 Å². The normalized spacial score (nSPS) is 32.4. The van der Waals surface area contributed by atoms with Gasteiger partial charge in [-0.1, -0.05) is 35.9 Å². The number of benzene rings is 1. The number of hydrogen-bond acceptors (Lipinski definition) is 2. The Hall–Kier alpha value is -2.09. The molecule has 0 aromatic heterocycles. The van der Waals surface area contributed by atoms with Crippen molar-refractivity contribution in [2.24, 2.45) is 16.8 Å². The lowest BCUT2D eigenvalue weighted by molar-refractivity contribution is 0.370. The Balaban J connectivity index is 1.57. The van der Waals surface area contributed by atoms with Crippen molar-refractivity contribution in [1.82, 2.24) is 5.32 Å². The minimum atomic E-state index is 0.595. The SMILES string of the molecule is C1=N/C=C\C2=C3CCC4=C2NC(CC3C1)C4Cc1ccccc1. The number of rotatable bonds is 2. The molecule has 0 spiro atoms. The molecule has 3 aliphatic heterocycles. The monoisotopic (exact) mass is 302 g/mol. The Morgan fingerprint density at radius 2 is 1.96 bits per heavy atom. The zero-order valence-corrected chi connectivity index (χ0v) is 13.3. The Morgan fingerprint density at radius 1 is 1.09 bits per heavy atom. The molecule has 0 amide bonds. The van der Waals surface area contributed by atoms with Crippen LogP contribution in [0, 0.1) is 11.8 Å². The maximum Gasteiger partial charge on any atom is 0.0412 e. The third-order valence-electron chi connectivity index (χ3n) is 6.02. The topological polar surface area (TPSA) is 24.4 Å². The van der Waals surface area contributed by atoms with Crippen molar-refractivity contribution in [2.75, 3.05) is 0 Å². The predicted molar refractivity (Wildman–Crippen MR) is 94.2 cm³/mol. The van der Waals surface area contributed by atoms with Crippen molar-refractivity contribution in [1.29, 1.82) is 0 Å². The van der Waals surface area contributed by atoms with Crippen LogP contribution in [0.15, 0.2) is 70.0 Å². The van der Waals surface area contributed by atoms with E-state index in [1.54, 1.807) is 11.1 Å². The first-order valence-corrected chi connectivity index (χ1v) is 8.85. The average molecular weight is 302 g/mol. The summed E-state index contributed by atoms with van der Waals surface area (Å²) in [5.74, 6) is 1.34. The van der Waals surface area contributed by atoms with Crippen LogP contribution >= 0.6 is 0 Å². The minimum absolute atomic E-state index is 0.595. The van der Waals surface area contributed by atoms with Gasteiger partial charge in [0.15, 0.2) is 0 Å². The van der Waals surface area contributed by atoms with Crippen molar-refractivity contribution < 1.29 is 0 Å². The van der Waals surface area contributed by atoms with E-state index in [0.717, 1.165) is 6.42 Å². The molecule has 3 atom stereocenters. The largest absolute Gasteiger partial charge is 0.381 e. The zero-order chi connectivity index (χ0) is 15.2. The quantitative estimate of drug-likeness (QED) is 0.871. The van der Waals surface area contributed by atoms with Gasteiger partial charge in [0.05, 0.1) is 0 Å². The van der Waals surface area contributed by atoms with Crippen molar-refractivity contribution >= 4 is 6.21 Å². The molecular weight excluding hydrogens is 280 g/mol. The predicted octanol–water partition coefficient (Wildman–Crippen LogP) is 4.17. The first-order chi connectivity index (χ1) is 11.4. The van der Waals surface area contributed by atoms with Crippen molar-refractivity contribution in [3.05, 3.63) is 70.6 Å². The van der Waals surface area contributed by atoms with Gasteiger partial charge < -0.3 is 5.32 Å². The molecule has 4 aliphatic rings. The molecule has 0 saturated heterocycles. The molecule has 3 unspecified atom stereocenters. The molecule has 1 aromatic rings. The molecule has 3 heterocycles. The summed E-state index contributed by atoms with van der Waals surface area (Å²) >= 11 is 0. The Kier molecular flexibility index (Phi) is 3.04. The lowest BCUT2D eigenvalue weighted by Gasteiger charge is -2.32. The molecule has 116 valence electrons. The second kappa shape index (κ2) is 5.23. The third kappa shape index (κ3) is 2.12. The molecule has 5 rings (SSSR count). The van der Waals surface area contributed by atoms with E-state index in [0.29, 0.717) is 17.9 Å². The Morgan fingerprint density at radius 3 is 2.87 bits per heavy atom. The highest BCUT2D eigenvalue weighted by Gasteiger charge is 2.42. The molecule has 1 aliphatic carbocycles.